The molecule has 3 amide bonds. The number of nitrogens with one attached hydrogen (secondary N) is 2. The molecule has 2 atom stereocenters. The number of carbonyl (C=O) groups is 2. The summed E-state index contributed by atoms with van der Waals surface area (Å²) in [6.45, 7) is 5.78. The van der Waals surface area contributed by atoms with Crippen LogP contribution in [0.2, 0.25) is 5.02 Å². The molecule has 0 aromatic heterocycles. The van der Waals surface area contributed by atoms with E-state index in [1.165, 1.54) is 0 Å². The number of rotatable bonds is 2. The highest BCUT2D eigenvalue weighted by molar-refractivity contribution is 6.30. The molecule has 2 fully saturated rings. The van der Waals surface area contributed by atoms with Gasteiger partial charge in [-0.2, -0.15) is 0 Å². The van der Waals surface area contributed by atoms with E-state index in [4.69, 9.17) is 11.6 Å². The fourth-order valence-corrected chi connectivity index (χ4v) is 4.18. The van der Waals surface area contributed by atoms with Gasteiger partial charge in [-0.25, -0.2) is 4.79 Å². The van der Waals surface area contributed by atoms with Gasteiger partial charge in [-0.15, -0.1) is 0 Å². The predicted molar refractivity (Wildman–Crippen MR) is 104 cm³/mol. The first-order valence-electron chi connectivity index (χ1n) is 9.40. The molecule has 5 nitrogen and oxygen atoms in total. The molecule has 26 heavy (non-hydrogen) atoms. The van der Waals surface area contributed by atoms with Crippen molar-refractivity contribution < 1.29 is 9.59 Å². The van der Waals surface area contributed by atoms with Crippen molar-refractivity contribution in [3.8, 4) is 0 Å². The van der Waals surface area contributed by atoms with Gasteiger partial charge in [0.2, 0.25) is 5.91 Å². The summed E-state index contributed by atoms with van der Waals surface area (Å²) in [5, 5.41) is 6.77. The molecule has 0 aliphatic carbocycles. The maximum absolute atomic E-state index is 12.9. The first kappa shape index (κ1) is 19.0. The van der Waals surface area contributed by atoms with Crippen LogP contribution in [0.15, 0.2) is 24.3 Å². The summed E-state index contributed by atoms with van der Waals surface area (Å²) < 4.78 is 0. The lowest BCUT2D eigenvalue weighted by Crippen LogP contribution is -2.60. The quantitative estimate of drug-likeness (QED) is 0.801. The van der Waals surface area contributed by atoms with Gasteiger partial charge in [0.1, 0.15) is 0 Å². The number of hydrogen-bond acceptors (Lipinski definition) is 2. The molecule has 0 radical (unpaired) electrons. The van der Waals surface area contributed by atoms with Crippen LogP contribution in [-0.4, -0.2) is 35.0 Å². The van der Waals surface area contributed by atoms with E-state index in [9.17, 15) is 9.59 Å². The minimum absolute atomic E-state index is 0.0671. The van der Waals surface area contributed by atoms with Crippen LogP contribution in [0.4, 0.5) is 10.5 Å². The Morgan fingerprint density at radius 1 is 1.15 bits per heavy atom. The second-order valence-electron chi connectivity index (χ2n) is 8.48. The lowest BCUT2D eigenvalue weighted by Gasteiger charge is -2.49. The standard InChI is InChI=1S/C20H28ClN3O2/c1-20(2,3)18(25)22-15-11-16-8-5-9-17(12-15)24(16)19(26)23-14-7-4-6-13(21)10-14/h4,6-7,10,15-17H,5,8-9,11-12H2,1-3H3,(H,22,25)(H,23,26)/t16-,17-/m1/s1. The number of anilines is 1. The van der Waals surface area contributed by atoms with Crippen LogP contribution in [0.3, 0.4) is 0 Å². The van der Waals surface area contributed by atoms with Crippen LogP contribution in [-0.2, 0) is 4.79 Å². The van der Waals surface area contributed by atoms with Crippen molar-refractivity contribution in [2.45, 2.75) is 71.0 Å². The van der Waals surface area contributed by atoms with Crippen molar-refractivity contribution in [1.29, 1.82) is 0 Å². The van der Waals surface area contributed by atoms with E-state index in [0.717, 1.165) is 32.1 Å². The van der Waals surface area contributed by atoms with Crippen molar-refractivity contribution in [2.75, 3.05) is 5.32 Å². The van der Waals surface area contributed by atoms with Crippen LogP contribution < -0.4 is 10.6 Å². The molecule has 0 spiro atoms. The average molecular weight is 378 g/mol. The van der Waals surface area contributed by atoms with E-state index in [1.54, 1.807) is 12.1 Å². The Morgan fingerprint density at radius 3 is 2.38 bits per heavy atom. The topological polar surface area (TPSA) is 61.4 Å². The number of fused-ring (bicyclic) bond motifs is 2. The third-order valence-electron chi connectivity index (χ3n) is 5.30. The highest BCUT2D eigenvalue weighted by Gasteiger charge is 2.41. The van der Waals surface area contributed by atoms with Crippen LogP contribution in [0.25, 0.3) is 0 Å². The van der Waals surface area contributed by atoms with Crippen molar-refractivity contribution in [3.05, 3.63) is 29.3 Å². The van der Waals surface area contributed by atoms with Gasteiger partial charge in [0.05, 0.1) is 0 Å². The average Bonchev–Trinajstić information content (AvgIpc) is 2.53. The van der Waals surface area contributed by atoms with E-state index in [-0.39, 0.29) is 30.1 Å². The minimum atomic E-state index is -0.393. The Bertz CT molecular complexity index is 672. The number of amides is 3. The zero-order valence-corrected chi connectivity index (χ0v) is 16.5. The van der Waals surface area contributed by atoms with Gasteiger partial charge < -0.3 is 15.5 Å². The Labute approximate surface area is 160 Å². The first-order valence-corrected chi connectivity index (χ1v) is 9.77. The van der Waals surface area contributed by atoms with Crippen LogP contribution in [0.1, 0.15) is 52.9 Å². The van der Waals surface area contributed by atoms with Crippen molar-refractivity contribution in [2.24, 2.45) is 5.41 Å². The smallest absolute Gasteiger partial charge is 0.322 e. The Morgan fingerprint density at radius 2 is 1.81 bits per heavy atom. The summed E-state index contributed by atoms with van der Waals surface area (Å²) >= 11 is 6.01. The van der Waals surface area contributed by atoms with Crippen LogP contribution in [0.5, 0.6) is 0 Å². The number of halogens is 1. The van der Waals surface area contributed by atoms with Crippen LogP contribution >= 0.6 is 11.6 Å². The molecule has 6 heteroatoms. The molecule has 2 bridgehead atoms. The van der Waals surface area contributed by atoms with E-state index in [2.05, 4.69) is 10.6 Å². The number of nitrogens with zero attached hydrogens (tertiary/aromatic N) is 1. The Kier molecular flexibility index (Phi) is 5.47. The molecule has 2 aliphatic heterocycles. The second-order valence-corrected chi connectivity index (χ2v) is 8.91. The van der Waals surface area contributed by atoms with Crippen LogP contribution in [0, 0.1) is 5.41 Å². The van der Waals surface area contributed by atoms with Crippen molar-refractivity contribution in [1.82, 2.24) is 10.2 Å². The SMILES string of the molecule is CC(C)(C)C(=O)NC1C[C@H]2CCC[C@H](C1)N2C(=O)Nc1cccc(Cl)c1. The number of piperidine rings is 2. The molecule has 142 valence electrons. The zero-order chi connectivity index (χ0) is 18.9. The number of benzene rings is 1. The molecule has 2 aliphatic rings. The molecule has 2 N–H and O–H groups in total. The fourth-order valence-electron chi connectivity index (χ4n) is 3.99. The summed E-state index contributed by atoms with van der Waals surface area (Å²) in [6.07, 6.45) is 4.75. The van der Waals surface area contributed by atoms with Gasteiger partial charge in [-0.1, -0.05) is 38.4 Å². The highest BCUT2D eigenvalue weighted by Crippen LogP contribution is 2.35. The molecule has 1 aromatic rings. The van der Waals surface area contributed by atoms with E-state index in [0.29, 0.717) is 10.7 Å². The third kappa shape index (κ3) is 4.32. The van der Waals surface area contributed by atoms with Gasteiger partial charge in [-0.3, -0.25) is 4.79 Å². The fraction of sp³-hybridized carbons (Fsp3) is 0.600. The molecule has 0 saturated carbocycles. The minimum Gasteiger partial charge on any atom is -0.353 e. The largest absolute Gasteiger partial charge is 0.353 e. The summed E-state index contributed by atoms with van der Waals surface area (Å²) in [4.78, 5) is 27.2. The predicted octanol–water partition coefficient (Wildman–Crippen LogP) is 4.42. The second kappa shape index (κ2) is 7.47. The summed E-state index contributed by atoms with van der Waals surface area (Å²) in [5.74, 6) is 0.0809. The normalized spacial score (nSPS) is 25.5. The monoisotopic (exact) mass is 377 g/mol. The van der Waals surface area contributed by atoms with Crippen molar-refractivity contribution >= 4 is 29.2 Å². The Balaban J connectivity index is 1.67. The molecule has 0 unspecified atom stereocenters. The highest BCUT2D eigenvalue weighted by atomic mass is 35.5. The van der Waals surface area contributed by atoms with Gasteiger partial charge in [0, 0.05) is 34.3 Å². The summed E-state index contributed by atoms with van der Waals surface area (Å²) in [6, 6.07) is 7.64. The van der Waals surface area contributed by atoms with E-state index >= 15 is 0 Å². The zero-order valence-electron chi connectivity index (χ0n) is 15.7. The van der Waals surface area contributed by atoms with E-state index < -0.39 is 5.41 Å². The number of carbonyl (C=O) groups excluding carboxylic acids is 2. The number of hydrogen-bond donors (Lipinski definition) is 2. The lowest BCUT2D eigenvalue weighted by atomic mass is 9.81. The lowest BCUT2D eigenvalue weighted by molar-refractivity contribution is -0.129. The van der Waals surface area contributed by atoms with Gasteiger partial charge in [-0.05, 0) is 50.3 Å². The van der Waals surface area contributed by atoms with Crippen molar-refractivity contribution in [3.63, 3.8) is 0 Å². The molecule has 2 saturated heterocycles. The first-order chi connectivity index (χ1) is 12.2. The third-order valence-corrected chi connectivity index (χ3v) is 5.54. The number of urea groups is 1. The molecular weight excluding hydrogens is 350 g/mol. The maximum atomic E-state index is 12.9. The van der Waals surface area contributed by atoms with Gasteiger partial charge >= 0.3 is 6.03 Å². The van der Waals surface area contributed by atoms with Gasteiger partial charge in [0.15, 0.2) is 0 Å². The summed E-state index contributed by atoms with van der Waals surface area (Å²) in [5.41, 5.74) is 0.319. The molecule has 2 heterocycles. The van der Waals surface area contributed by atoms with Gasteiger partial charge in [0.25, 0.3) is 0 Å². The van der Waals surface area contributed by atoms with E-state index in [1.807, 2.05) is 37.8 Å². The maximum Gasteiger partial charge on any atom is 0.322 e. The Hall–Kier alpha value is -1.75. The molecule has 1 aromatic carbocycles. The molecule has 3 rings (SSSR count). The summed E-state index contributed by atoms with van der Waals surface area (Å²) in [7, 11) is 0. The molecular formula is C20H28ClN3O2.